The van der Waals surface area contributed by atoms with E-state index in [4.69, 9.17) is 4.98 Å². The van der Waals surface area contributed by atoms with Crippen LogP contribution in [0.25, 0.3) is 39.6 Å². The van der Waals surface area contributed by atoms with Crippen LogP contribution in [0.3, 0.4) is 0 Å². The summed E-state index contributed by atoms with van der Waals surface area (Å²) < 4.78 is 40.8. The van der Waals surface area contributed by atoms with Crippen LogP contribution in [0.5, 0.6) is 0 Å². The van der Waals surface area contributed by atoms with Crippen molar-refractivity contribution >= 4 is 26.8 Å². The third-order valence-electron chi connectivity index (χ3n) is 8.98. The number of nitrogens with zero attached hydrogens (tertiary/aromatic N) is 4. The smallest absolute Gasteiger partial charge is 0.184 e. The molecule has 3 aromatic carbocycles. The molecule has 5 aromatic rings. The Kier molecular flexibility index (Phi) is 7.71. The Labute approximate surface area is 262 Å². The van der Waals surface area contributed by atoms with Gasteiger partial charge in [-0.25, -0.2) is 17.8 Å². The summed E-state index contributed by atoms with van der Waals surface area (Å²) >= 11 is 0. The molecule has 0 saturated carbocycles. The molecule has 2 aliphatic rings. The standard InChI is InChI=1S/C35H35FN6O2S/c1-3-6-24-7-4-9-31(36)30(24)21-42-18-5-8-27(20-42)35-37-34(40-41-35)26-14-17-32-29(19-26)33(39-38-32)25-12-15-28(16-13-25)45(43,44)22(2)23-10-11-23/h3-4,6-7,9-10,12-17,19,22,27H,5,8,11,18,20-21H2,1-2H3,(H,38,39)(H,37,40,41)/b6-3+/t22?,27-/m1/s1. The Morgan fingerprint density at radius 2 is 1.87 bits per heavy atom. The average molecular weight is 623 g/mol. The van der Waals surface area contributed by atoms with Crippen LogP contribution >= 0.6 is 0 Å². The van der Waals surface area contributed by atoms with Crippen molar-refractivity contribution in [1.82, 2.24) is 30.3 Å². The summed E-state index contributed by atoms with van der Waals surface area (Å²) in [6.45, 7) is 5.92. The first kappa shape index (κ1) is 29.3. The number of H-pyrrole nitrogens is 2. The second-order valence-corrected chi connectivity index (χ2v) is 14.2. The topological polar surface area (TPSA) is 108 Å². The summed E-state index contributed by atoms with van der Waals surface area (Å²) in [6, 6.07) is 18.1. The fourth-order valence-electron chi connectivity index (χ4n) is 6.28. The van der Waals surface area contributed by atoms with E-state index < -0.39 is 15.1 Å². The van der Waals surface area contributed by atoms with Gasteiger partial charge in [0, 0.05) is 41.1 Å². The van der Waals surface area contributed by atoms with Crippen molar-refractivity contribution < 1.29 is 12.8 Å². The fourth-order valence-corrected chi connectivity index (χ4v) is 7.79. The monoisotopic (exact) mass is 622 g/mol. The van der Waals surface area contributed by atoms with Crippen molar-refractivity contribution in [2.45, 2.75) is 55.7 Å². The molecule has 230 valence electrons. The summed E-state index contributed by atoms with van der Waals surface area (Å²) in [6.07, 6.45) is 8.61. The van der Waals surface area contributed by atoms with Gasteiger partial charge in [0.1, 0.15) is 11.6 Å². The van der Waals surface area contributed by atoms with E-state index in [0.29, 0.717) is 17.3 Å². The summed E-state index contributed by atoms with van der Waals surface area (Å²) in [5.74, 6) is 1.42. The number of fused-ring (bicyclic) bond motifs is 1. The number of nitrogens with one attached hydrogen (secondary N) is 2. The Hall–Kier alpha value is -4.41. The minimum Gasteiger partial charge on any atom is -0.298 e. The Morgan fingerprint density at radius 1 is 1.07 bits per heavy atom. The third kappa shape index (κ3) is 5.76. The number of allylic oxidation sites excluding steroid dienone is 2. The van der Waals surface area contributed by atoms with Crippen LogP contribution in [0.4, 0.5) is 4.39 Å². The van der Waals surface area contributed by atoms with Crippen LogP contribution in [0.15, 0.2) is 83.3 Å². The number of rotatable bonds is 9. The molecule has 1 aliphatic carbocycles. The highest BCUT2D eigenvalue weighted by atomic mass is 32.2. The minimum absolute atomic E-state index is 0.166. The molecule has 0 bridgehead atoms. The van der Waals surface area contributed by atoms with Gasteiger partial charge in [-0.3, -0.25) is 15.1 Å². The van der Waals surface area contributed by atoms with Gasteiger partial charge in [0.15, 0.2) is 15.7 Å². The molecule has 1 unspecified atom stereocenters. The lowest BCUT2D eigenvalue weighted by Gasteiger charge is -2.32. The van der Waals surface area contributed by atoms with E-state index in [2.05, 4.69) is 25.3 Å². The summed E-state index contributed by atoms with van der Waals surface area (Å²) in [7, 11) is -3.42. The molecule has 2 aromatic heterocycles. The maximum Gasteiger partial charge on any atom is 0.184 e. The normalized spacial score (nSPS) is 18.0. The van der Waals surface area contributed by atoms with E-state index in [1.165, 1.54) is 6.07 Å². The molecule has 1 saturated heterocycles. The zero-order chi connectivity index (χ0) is 31.1. The number of hydrogen-bond donors (Lipinski definition) is 2. The molecule has 10 heteroatoms. The molecule has 2 N–H and O–H groups in total. The van der Waals surface area contributed by atoms with Crippen molar-refractivity contribution in [2.24, 2.45) is 0 Å². The first-order chi connectivity index (χ1) is 21.8. The zero-order valence-corrected chi connectivity index (χ0v) is 26.1. The number of piperidine rings is 1. The number of hydrogen-bond acceptors (Lipinski definition) is 6. The van der Waals surface area contributed by atoms with Crippen molar-refractivity contribution in [3.63, 3.8) is 0 Å². The Morgan fingerprint density at radius 3 is 2.64 bits per heavy atom. The van der Waals surface area contributed by atoms with Gasteiger partial charge in [-0.2, -0.15) is 10.2 Å². The largest absolute Gasteiger partial charge is 0.298 e. The van der Waals surface area contributed by atoms with Crippen molar-refractivity contribution in [1.29, 1.82) is 0 Å². The lowest BCUT2D eigenvalue weighted by molar-refractivity contribution is 0.194. The van der Waals surface area contributed by atoms with E-state index in [1.54, 1.807) is 25.1 Å². The number of likely N-dealkylation sites (tertiary alicyclic amines) is 1. The van der Waals surface area contributed by atoms with Gasteiger partial charge in [-0.05, 0) is 81.6 Å². The predicted molar refractivity (Wildman–Crippen MR) is 175 cm³/mol. The lowest BCUT2D eigenvalue weighted by atomic mass is 9.96. The highest BCUT2D eigenvalue weighted by Gasteiger charge is 2.30. The quantitative estimate of drug-likeness (QED) is 0.171. The minimum atomic E-state index is -3.42. The summed E-state index contributed by atoms with van der Waals surface area (Å²) in [4.78, 5) is 7.51. The van der Waals surface area contributed by atoms with E-state index >= 15 is 0 Å². The molecule has 1 fully saturated rings. The number of aromatic amines is 2. The third-order valence-corrected chi connectivity index (χ3v) is 11.1. The molecule has 2 atom stereocenters. The van der Waals surface area contributed by atoms with Gasteiger partial charge in [0.05, 0.1) is 21.4 Å². The van der Waals surface area contributed by atoms with Gasteiger partial charge >= 0.3 is 0 Å². The van der Waals surface area contributed by atoms with Gasteiger partial charge in [0.25, 0.3) is 0 Å². The van der Waals surface area contributed by atoms with Crippen LogP contribution < -0.4 is 0 Å². The van der Waals surface area contributed by atoms with E-state index in [9.17, 15) is 12.8 Å². The van der Waals surface area contributed by atoms with Crippen molar-refractivity contribution in [3.05, 3.63) is 101 Å². The van der Waals surface area contributed by atoms with Crippen molar-refractivity contribution in [2.75, 3.05) is 13.1 Å². The SMILES string of the molecule is C/C=C/c1cccc(F)c1CN1CCC[C@@H](c2nc(-c3ccc4[nH]nc(-c5ccc(S(=O)(=O)C(C)C6=CC6)cc5)c4c3)n[nH]2)C1. The summed E-state index contributed by atoms with van der Waals surface area (Å²) in [5.41, 5.74) is 5.89. The molecule has 8 nitrogen and oxygen atoms in total. The van der Waals surface area contributed by atoms with Crippen LogP contribution in [0.1, 0.15) is 56.0 Å². The summed E-state index contributed by atoms with van der Waals surface area (Å²) in [5, 5.41) is 15.8. The molecule has 3 heterocycles. The first-order valence-corrected chi connectivity index (χ1v) is 16.9. The van der Waals surface area contributed by atoms with Gasteiger partial charge in [-0.1, -0.05) is 48.1 Å². The molecule has 0 amide bonds. The van der Waals surface area contributed by atoms with E-state index in [-0.39, 0.29) is 11.7 Å². The Balaban J connectivity index is 1.10. The van der Waals surface area contributed by atoms with Gasteiger partial charge in [-0.15, -0.1) is 0 Å². The van der Waals surface area contributed by atoms with Gasteiger partial charge in [0.2, 0.25) is 0 Å². The fraction of sp³-hybridized carbons (Fsp3) is 0.286. The molecular formula is C35H35FN6O2S. The molecule has 0 radical (unpaired) electrons. The number of aromatic nitrogens is 5. The van der Waals surface area contributed by atoms with Crippen LogP contribution in [-0.4, -0.2) is 57.0 Å². The highest BCUT2D eigenvalue weighted by molar-refractivity contribution is 7.92. The van der Waals surface area contributed by atoms with Crippen LogP contribution in [0.2, 0.25) is 0 Å². The van der Waals surface area contributed by atoms with Crippen LogP contribution in [0, 0.1) is 5.82 Å². The lowest BCUT2D eigenvalue weighted by Crippen LogP contribution is -2.34. The molecule has 1 aliphatic heterocycles. The number of benzene rings is 3. The molecule has 45 heavy (non-hydrogen) atoms. The maximum atomic E-state index is 14.8. The Bertz CT molecular complexity index is 2040. The van der Waals surface area contributed by atoms with Crippen LogP contribution in [-0.2, 0) is 16.4 Å². The second kappa shape index (κ2) is 11.8. The molecular weight excluding hydrogens is 587 g/mol. The van der Waals surface area contributed by atoms with E-state index in [1.807, 2.05) is 61.5 Å². The molecule has 0 spiro atoms. The number of halogens is 1. The first-order valence-electron chi connectivity index (χ1n) is 15.4. The van der Waals surface area contributed by atoms with Crippen molar-refractivity contribution in [3.8, 4) is 22.6 Å². The average Bonchev–Trinajstić information content (AvgIpc) is 3.62. The molecule has 7 rings (SSSR count). The highest BCUT2D eigenvalue weighted by Crippen LogP contribution is 2.34. The maximum absolute atomic E-state index is 14.8. The number of sulfone groups is 1. The van der Waals surface area contributed by atoms with Gasteiger partial charge < -0.3 is 0 Å². The van der Waals surface area contributed by atoms with E-state index in [0.717, 1.165) is 82.6 Å². The zero-order valence-electron chi connectivity index (χ0n) is 25.3. The second-order valence-electron chi connectivity index (χ2n) is 12.0. The predicted octanol–water partition coefficient (Wildman–Crippen LogP) is 7.06.